The third kappa shape index (κ3) is 8.81. The molecule has 424 valence electrons. The highest BCUT2D eigenvalue weighted by atomic mass is 15.0. The molecule has 0 aliphatic carbocycles. The molecular weight excluding hydrogens is 1090 g/mol. The number of nitrogens with zero attached hydrogens (tertiary/aromatic N) is 7. The monoisotopic (exact) mass is 1150 g/mol. The van der Waals surface area contributed by atoms with Crippen LogP contribution in [0, 0.1) is 20.8 Å². The van der Waals surface area contributed by atoms with Gasteiger partial charge in [-0.15, -0.1) is 0 Å². The summed E-state index contributed by atoms with van der Waals surface area (Å²) in [6.45, 7) is 6.50. The van der Waals surface area contributed by atoms with Crippen LogP contribution in [-0.2, 0) is 0 Å². The van der Waals surface area contributed by atoms with Crippen LogP contribution in [0.3, 0.4) is 0 Å². The maximum absolute atomic E-state index is 5.89. The molecule has 0 saturated heterocycles. The predicted octanol–water partition coefficient (Wildman–Crippen LogP) is 21.2. The first-order valence-corrected chi connectivity index (χ1v) is 30.7. The van der Waals surface area contributed by atoms with Crippen LogP contribution in [0.15, 0.2) is 291 Å². The fourth-order valence-corrected chi connectivity index (χ4v) is 13.7. The van der Waals surface area contributed by atoms with Crippen molar-refractivity contribution in [1.82, 2.24) is 33.6 Å². The normalized spacial score (nSPS) is 11.7. The van der Waals surface area contributed by atoms with Crippen LogP contribution in [0.2, 0.25) is 0 Å². The lowest BCUT2D eigenvalue weighted by molar-refractivity contribution is 1.07. The van der Waals surface area contributed by atoms with Gasteiger partial charge in [-0.1, -0.05) is 211 Å². The summed E-state index contributed by atoms with van der Waals surface area (Å²) in [5, 5.41) is 7.39. The minimum Gasteiger partial charge on any atom is -0.309 e. The Bertz CT molecular complexity index is 5600. The molecule has 0 radical (unpaired) electrons. The number of rotatable bonds is 10. The van der Waals surface area contributed by atoms with Gasteiger partial charge in [-0.05, 0) is 135 Å². The van der Waals surface area contributed by atoms with E-state index < -0.39 is 0 Å². The maximum Gasteiger partial charge on any atom is 0.164 e. The molecule has 7 heteroatoms. The van der Waals surface area contributed by atoms with Crippen molar-refractivity contribution < 1.29 is 0 Å². The average molecular weight is 1150 g/mol. The maximum atomic E-state index is 5.89. The van der Waals surface area contributed by atoms with Crippen molar-refractivity contribution in [2.75, 3.05) is 0 Å². The number of pyridine rings is 1. The molecule has 5 heterocycles. The van der Waals surface area contributed by atoms with Gasteiger partial charge >= 0.3 is 0 Å². The number of hydrogen-bond donors (Lipinski definition) is 0. The number of aromatic nitrogens is 7. The van der Waals surface area contributed by atoms with Gasteiger partial charge in [0.15, 0.2) is 17.5 Å². The van der Waals surface area contributed by atoms with Crippen LogP contribution in [0.25, 0.3) is 161 Å². The first-order valence-electron chi connectivity index (χ1n) is 30.7. The molecule has 0 aliphatic heterocycles. The highest BCUT2D eigenvalue weighted by Crippen LogP contribution is 2.46. The highest BCUT2D eigenvalue weighted by molar-refractivity contribution is 6.12. The van der Waals surface area contributed by atoms with Gasteiger partial charge < -0.3 is 13.7 Å². The van der Waals surface area contributed by atoms with E-state index in [0.717, 1.165) is 106 Å². The molecule has 0 saturated carbocycles. The van der Waals surface area contributed by atoms with Gasteiger partial charge in [-0.3, -0.25) is 0 Å². The molecule has 0 fully saturated rings. The van der Waals surface area contributed by atoms with Gasteiger partial charge in [0.1, 0.15) is 0 Å². The van der Waals surface area contributed by atoms with Gasteiger partial charge in [0, 0.05) is 82.8 Å². The molecule has 0 bridgehead atoms. The molecule has 90 heavy (non-hydrogen) atoms. The zero-order valence-electron chi connectivity index (χ0n) is 49.8. The lowest BCUT2D eigenvalue weighted by atomic mass is 9.87. The summed E-state index contributed by atoms with van der Waals surface area (Å²) in [4.78, 5) is 21.8. The topological polar surface area (TPSA) is 66.3 Å². The minimum absolute atomic E-state index is 0.567. The molecule has 7 nitrogen and oxygen atoms in total. The standard InChI is InChI=1S/C83H57N7/c1-52-30-45-76-68(48-52)64-23-12-15-27-73(64)88(76)60-39-33-55(34-40-60)72-51-71(63-22-10-11-26-67(63)83-86-81(58-18-6-4-7-19-58)85-82(87-83)59-20-8-5-9-21-59)79(56-35-41-61(42-36-56)89-74-28-16-13-24-65(74)69-49-53(2)31-46-77(69)89)80(84-72)57-37-43-62(44-38-57)90-75-29-17-14-25-66(75)70-50-54(3)32-47-78(70)90/h4-51H,1-3H3. The molecule has 0 spiro atoms. The van der Waals surface area contributed by atoms with E-state index in [1.165, 1.54) is 54.5 Å². The van der Waals surface area contributed by atoms with Gasteiger partial charge in [-0.2, -0.15) is 0 Å². The number of hydrogen-bond acceptors (Lipinski definition) is 4. The van der Waals surface area contributed by atoms with Crippen LogP contribution in [0.4, 0.5) is 0 Å². The fourth-order valence-electron chi connectivity index (χ4n) is 13.7. The zero-order chi connectivity index (χ0) is 60.0. The third-order valence-electron chi connectivity index (χ3n) is 17.9. The lowest BCUT2D eigenvalue weighted by Gasteiger charge is -2.21. The Hall–Kier alpha value is -11.8. The van der Waals surface area contributed by atoms with E-state index in [1.54, 1.807) is 0 Å². The minimum atomic E-state index is 0.567. The number of aryl methyl sites for hydroxylation is 3. The smallest absolute Gasteiger partial charge is 0.164 e. The third-order valence-corrected chi connectivity index (χ3v) is 17.9. The molecule has 0 atom stereocenters. The van der Waals surface area contributed by atoms with Crippen molar-refractivity contribution in [3.05, 3.63) is 308 Å². The zero-order valence-corrected chi connectivity index (χ0v) is 49.8. The Morgan fingerprint density at radius 1 is 0.233 bits per heavy atom. The lowest BCUT2D eigenvalue weighted by Crippen LogP contribution is -2.02. The van der Waals surface area contributed by atoms with Crippen molar-refractivity contribution in [3.63, 3.8) is 0 Å². The van der Waals surface area contributed by atoms with Crippen molar-refractivity contribution >= 4 is 65.4 Å². The molecule has 0 N–H and O–H groups in total. The van der Waals surface area contributed by atoms with Crippen molar-refractivity contribution in [3.8, 4) is 96.0 Å². The average Bonchev–Trinajstić information content (AvgIpc) is 1.53. The van der Waals surface area contributed by atoms with Crippen molar-refractivity contribution in [2.45, 2.75) is 20.8 Å². The Balaban J connectivity index is 0.916. The number of benzene rings is 12. The molecule has 0 aliphatic rings. The molecule has 17 aromatic rings. The molecular formula is C83H57N7. The number of fused-ring (bicyclic) bond motifs is 9. The fraction of sp³-hybridized carbons (Fsp3) is 0.0361. The summed E-state index contributed by atoms with van der Waals surface area (Å²) in [6.07, 6.45) is 0. The van der Waals surface area contributed by atoms with Crippen molar-refractivity contribution in [1.29, 1.82) is 0 Å². The molecule has 12 aromatic carbocycles. The predicted molar refractivity (Wildman–Crippen MR) is 373 cm³/mol. The van der Waals surface area contributed by atoms with Crippen LogP contribution < -0.4 is 0 Å². The second-order valence-electron chi connectivity index (χ2n) is 23.6. The Kier molecular flexibility index (Phi) is 12.4. The van der Waals surface area contributed by atoms with E-state index in [9.17, 15) is 0 Å². The van der Waals surface area contributed by atoms with Gasteiger partial charge in [0.2, 0.25) is 0 Å². The van der Waals surface area contributed by atoms with Gasteiger partial charge in [0.05, 0.1) is 44.5 Å². The van der Waals surface area contributed by atoms with Crippen LogP contribution in [0.1, 0.15) is 16.7 Å². The van der Waals surface area contributed by atoms with Crippen molar-refractivity contribution in [2.24, 2.45) is 0 Å². The summed E-state index contributed by atoms with van der Waals surface area (Å²) in [7, 11) is 0. The number of para-hydroxylation sites is 3. The Morgan fingerprint density at radius 2 is 0.589 bits per heavy atom. The van der Waals surface area contributed by atoms with Crippen LogP contribution in [-0.4, -0.2) is 33.6 Å². The summed E-state index contributed by atoms with van der Waals surface area (Å²) < 4.78 is 7.15. The first kappa shape index (κ1) is 52.5. The molecule has 0 unspecified atom stereocenters. The van der Waals surface area contributed by atoms with E-state index in [2.05, 4.69) is 289 Å². The summed E-state index contributed by atoms with van der Waals surface area (Å²) in [6, 6.07) is 105. The first-order chi connectivity index (χ1) is 44.3. The van der Waals surface area contributed by atoms with Gasteiger partial charge in [-0.25, -0.2) is 19.9 Å². The largest absolute Gasteiger partial charge is 0.309 e. The second-order valence-corrected chi connectivity index (χ2v) is 23.6. The van der Waals surface area contributed by atoms with E-state index >= 15 is 0 Å². The SMILES string of the molecule is Cc1ccc2c(c1)c1ccccc1n2-c1ccc(-c2cc(-c3ccccc3-c3nc(-c4ccccc4)nc(-c4ccccc4)n3)c(-c3ccc(-n4c5ccccc5c5cc(C)ccc54)cc3)c(-c3ccc(-n4c5ccccc5c5cc(C)ccc54)cc3)n2)cc1. The van der Waals surface area contributed by atoms with E-state index in [-0.39, 0.29) is 0 Å². The van der Waals surface area contributed by atoms with E-state index in [0.29, 0.717) is 17.5 Å². The van der Waals surface area contributed by atoms with Gasteiger partial charge in [0.25, 0.3) is 0 Å². The summed E-state index contributed by atoms with van der Waals surface area (Å²) in [5.41, 5.74) is 24.1. The Labute approximate surface area is 520 Å². The quantitative estimate of drug-likeness (QED) is 0.137. The molecule has 17 rings (SSSR count). The van der Waals surface area contributed by atoms with E-state index in [1.807, 2.05) is 36.4 Å². The molecule has 0 amide bonds. The summed E-state index contributed by atoms with van der Waals surface area (Å²) >= 11 is 0. The Morgan fingerprint density at radius 3 is 1.03 bits per heavy atom. The van der Waals surface area contributed by atoms with E-state index in [4.69, 9.17) is 19.9 Å². The van der Waals surface area contributed by atoms with Crippen LogP contribution in [0.5, 0.6) is 0 Å². The highest BCUT2D eigenvalue weighted by Gasteiger charge is 2.25. The molecule has 5 aromatic heterocycles. The summed E-state index contributed by atoms with van der Waals surface area (Å²) in [5.74, 6) is 1.76. The van der Waals surface area contributed by atoms with Crippen LogP contribution >= 0.6 is 0 Å². The second kappa shape index (κ2) is 21.3.